The largest absolute Gasteiger partial charge is 0.491 e. The van der Waals surface area contributed by atoms with Gasteiger partial charge in [0.25, 0.3) is 0 Å². The lowest BCUT2D eigenvalue weighted by Gasteiger charge is -2.12. The SMILES string of the molecule is CNCc1cc(Cl)ccc1OCCOCCC(C)C. The Morgan fingerprint density at radius 1 is 1.21 bits per heavy atom. The van der Waals surface area contributed by atoms with Crippen LogP contribution in [0.1, 0.15) is 25.8 Å². The van der Waals surface area contributed by atoms with E-state index >= 15 is 0 Å². The van der Waals surface area contributed by atoms with Gasteiger partial charge in [-0.25, -0.2) is 0 Å². The van der Waals surface area contributed by atoms with E-state index in [0.29, 0.717) is 19.1 Å². The molecule has 0 unspecified atom stereocenters. The standard InChI is InChI=1S/C15H24ClNO2/c1-12(2)6-7-18-8-9-19-15-5-4-14(16)10-13(15)11-17-3/h4-5,10,12,17H,6-9,11H2,1-3H3. The van der Waals surface area contributed by atoms with Crippen molar-refractivity contribution >= 4 is 11.6 Å². The Kier molecular flexibility index (Phi) is 7.87. The van der Waals surface area contributed by atoms with Crippen molar-refractivity contribution in [2.75, 3.05) is 26.9 Å². The molecule has 1 N–H and O–H groups in total. The monoisotopic (exact) mass is 285 g/mol. The zero-order valence-electron chi connectivity index (χ0n) is 12.0. The number of hydrogen-bond donors (Lipinski definition) is 1. The second kappa shape index (κ2) is 9.18. The average molecular weight is 286 g/mol. The van der Waals surface area contributed by atoms with Gasteiger partial charge in [0.1, 0.15) is 12.4 Å². The molecular weight excluding hydrogens is 262 g/mol. The molecule has 0 saturated heterocycles. The third-order valence-corrected chi connectivity index (χ3v) is 2.95. The summed E-state index contributed by atoms with van der Waals surface area (Å²) in [6.45, 7) is 7.11. The lowest BCUT2D eigenvalue weighted by molar-refractivity contribution is 0.0922. The Morgan fingerprint density at radius 3 is 2.68 bits per heavy atom. The van der Waals surface area contributed by atoms with Gasteiger partial charge in [-0.2, -0.15) is 0 Å². The molecule has 0 aromatic heterocycles. The maximum Gasteiger partial charge on any atom is 0.124 e. The van der Waals surface area contributed by atoms with Crippen LogP contribution in [0.5, 0.6) is 5.75 Å². The van der Waals surface area contributed by atoms with E-state index in [1.54, 1.807) is 0 Å². The summed E-state index contributed by atoms with van der Waals surface area (Å²) >= 11 is 5.98. The molecule has 0 heterocycles. The summed E-state index contributed by atoms with van der Waals surface area (Å²) in [7, 11) is 1.90. The molecule has 1 aromatic rings. The second-order valence-corrected chi connectivity index (χ2v) is 5.36. The summed E-state index contributed by atoms with van der Waals surface area (Å²) in [6.07, 6.45) is 1.09. The highest BCUT2D eigenvalue weighted by molar-refractivity contribution is 6.30. The molecule has 19 heavy (non-hydrogen) atoms. The first-order valence-electron chi connectivity index (χ1n) is 6.77. The molecular formula is C15H24ClNO2. The first-order valence-corrected chi connectivity index (χ1v) is 7.15. The van der Waals surface area contributed by atoms with E-state index in [2.05, 4.69) is 19.2 Å². The fraction of sp³-hybridized carbons (Fsp3) is 0.600. The third-order valence-electron chi connectivity index (χ3n) is 2.71. The smallest absolute Gasteiger partial charge is 0.124 e. The molecule has 0 aliphatic carbocycles. The van der Waals surface area contributed by atoms with E-state index in [-0.39, 0.29) is 0 Å². The molecule has 0 fully saturated rings. The molecule has 0 atom stereocenters. The number of ether oxygens (including phenoxy) is 2. The van der Waals surface area contributed by atoms with Crippen LogP contribution in [0.2, 0.25) is 5.02 Å². The quantitative estimate of drug-likeness (QED) is 0.705. The zero-order valence-corrected chi connectivity index (χ0v) is 12.8. The van der Waals surface area contributed by atoms with Crippen molar-refractivity contribution in [3.63, 3.8) is 0 Å². The van der Waals surface area contributed by atoms with Gasteiger partial charge in [0, 0.05) is 23.7 Å². The van der Waals surface area contributed by atoms with Crippen LogP contribution < -0.4 is 10.1 Å². The van der Waals surface area contributed by atoms with Crippen molar-refractivity contribution in [3.05, 3.63) is 28.8 Å². The summed E-state index contributed by atoms with van der Waals surface area (Å²) in [5, 5.41) is 3.83. The highest BCUT2D eigenvalue weighted by Gasteiger charge is 2.04. The number of benzene rings is 1. The summed E-state index contributed by atoms with van der Waals surface area (Å²) in [4.78, 5) is 0. The predicted octanol–water partition coefficient (Wildman–Crippen LogP) is 3.50. The van der Waals surface area contributed by atoms with E-state index in [1.165, 1.54) is 0 Å². The molecule has 0 saturated carbocycles. The summed E-state index contributed by atoms with van der Waals surface area (Å²) in [5.41, 5.74) is 1.07. The normalized spacial score (nSPS) is 11.0. The Morgan fingerprint density at radius 2 is 2.00 bits per heavy atom. The highest BCUT2D eigenvalue weighted by Crippen LogP contribution is 2.22. The van der Waals surface area contributed by atoms with E-state index in [1.807, 2.05) is 25.2 Å². The molecule has 108 valence electrons. The van der Waals surface area contributed by atoms with Crippen LogP contribution in [-0.2, 0) is 11.3 Å². The molecule has 0 spiro atoms. The number of halogens is 1. The molecule has 0 aliphatic rings. The molecule has 0 bridgehead atoms. The van der Waals surface area contributed by atoms with Gasteiger partial charge in [0.15, 0.2) is 0 Å². The lowest BCUT2D eigenvalue weighted by atomic mass is 10.1. The van der Waals surface area contributed by atoms with Gasteiger partial charge in [-0.15, -0.1) is 0 Å². The molecule has 3 nitrogen and oxygen atoms in total. The van der Waals surface area contributed by atoms with Gasteiger partial charge < -0.3 is 14.8 Å². The average Bonchev–Trinajstić information content (AvgIpc) is 2.36. The van der Waals surface area contributed by atoms with Crippen LogP contribution in [0.4, 0.5) is 0 Å². The van der Waals surface area contributed by atoms with Gasteiger partial charge in [0.2, 0.25) is 0 Å². The topological polar surface area (TPSA) is 30.5 Å². The molecule has 1 rings (SSSR count). The first kappa shape index (κ1) is 16.3. The molecule has 0 amide bonds. The van der Waals surface area contributed by atoms with Crippen LogP contribution in [-0.4, -0.2) is 26.9 Å². The van der Waals surface area contributed by atoms with E-state index < -0.39 is 0 Å². The van der Waals surface area contributed by atoms with E-state index in [4.69, 9.17) is 21.1 Å². The van der Waals surface area contributed by atoms with Gasteiger partial charge in [-0.05, 0) is 37.6 Å². The minimum atomic E-state index is 0.566. The number of rotatable bonds is 9. The third kappa shape index (κ3) is 6.81. The molecule has 0 radical (unpaired) electrons. The number of nitrogens with one attached hydrogen (secondary N) is 1. The Balaban J connectivity index is 2.32. The predicted molar refractivity (Wildman–Crippen MR) is 80.0 cm³/mol. The van der Waals surface area contributed by atoms with Crippen molar-refractivity contribution in [1.82, 2.24) is 5.32 Å². The van der Waals surface area contributed by atoms with Crippen molar-refractivity contribution < 1.29 is 9.47 Å². The maximum absolute atomic E-state index is 5.98. The minimum absolute atomic E-state index is 0.566. The van der Waals surface area contributed by atoms with Crippen molar-refractivity contribution in [3.8, 4) is 5.75 Å². The van der Waals surface area contributed by atoms with Gasteiger partial charge in [-0.1, -0.05) is 25.4 Å². The van der Waals surface area contributed by atoms with Gasteiger partial charge in [-0.3, -0.25) is 0 Å². The zero-order chi connectivity index (χ0) is 14.1. The van der Waals surface area contributed by atoms with Crippen molar-refractivity contribution in [2.24, 2.45) is 5.92 Å². The van der Waals surface area contributed by atoms with Crippen LogP contribution >= 0.6 is 11.6 Å². The fourth-order valence-electron chi connectivity index (χ4n) is 1.65. The maximum atomic E-state index is 5.98. The van der Waals surface area contributed by atoms with Crippen LogP contribution in [0, 0.1) is 5.92 Å². The van der Waals surface area contributed by atoms with E-state index in [9.17, 15) is 0 Å². The number of hydrogen-bond acceptors (Lipinski definition) is 3. The van der Waals surface area contributed by atoms with Crippen LogP contribution in [0.25, 0.3) is 0 Å². The lowest BCUT2D eigenvalue weighted by Crippen LogP contribution is -2.11. The highest BCUT2D eigenvalue weighted by atomic mass is 35.5. The minimum Gasteiger partial charge on any atom is -0.491 e. The Bertz CT molecular complexity index is 369. The van der Waals surface area contributed by atoms with E-state index in [0.717, 1.165) is 35.9 Å². The first-order chi connectivity index (χ1) is 9.13. The molecule has 1 aromatic carbocycles. The van der Waals surface area contributed by atoms with Crippen LogP contribution in [0.3, 0.4) is 0 Å². The van der Waals surface area contributed by atoms with Crippen molar-refractivity contribution in [2.45, 2.75) is 26.8 Å². The fourth-order valence-corrected chi connectivity index (χ4v) is 1.84. The summed E-state index contributed by atoms with van der Waals surface area (Å²) in [5.74, 6) is 1.55. The Hall–Kier alpha value is -0.770. The second-order valence-electron chi connectivity index (χ2n) is 4.93. The van der Waals surface area contributed by atoms with Crippen LogP contribution in [0.15, 0.2) is 18.2 Å². The summed E-state index contributed by atoms with van der Waals surface area (Å²) in [6, 6.07) is 5.67. The Labute approximate surface area is 121 Å². The van der Waals surface area contributed by atoms with Gasteiger partial charge in [0.05, 0.1) is 6.61 Å². The summed E-state index contributed by atoms with van der Waals surface area (Å²) < 4.78 is 11.3. The molecule has 4 heteroatoms. The molecule has 0 aliphatic heterocycles. The van der Waals surface area contributed by atoms with Gasteiger partial charge >= 0.3 is 0 Å². The van der Waals surface area contributed by atoms with Crippen molar-refractivity contribution in [1.29, 1.82) is 0 Å².